The number of imidazole rings is 1. The summed E-state index contributed by atoms with van der Waals surface area (Å²) < 4.78 is 59.6. The van der Waals surface area contributed by atoms with Crippen LogP contribution in [0, 0.1) is 12.7 Å². The van der Waals surface area contributed by atoms with Crippen molar-refractivity contribution in [3.63, 3.8) is 0 Å². The van der Waals surface area contributed by atoms with Crippen molar-refractivity contribution in [3.8, 4) is 11.6 Å². The Morgan fingerprint density at radius 3 is 2.69 bits per heavy atom. The molecule has 1 aromatic carbocycles. The van der Waals surface area contributed by atoms with Crippen molar-refractivity contribution < 1.29 is 27.1 Å². The van der Waals surface area contributed by atoms with Gasteiger partial charge in [-0.05, 0) is 42.8 Å². The van der Waals surface area contributed by atoms with Gasteiger partial charge < -0.3 is 14.5 Å². The van der Waals surface area contributed by atoms with Crippen LogP contribution in [0.1, 0.15) is 16.7 Å². The fourth-order valence-corrected chi connectivity index (χ4v) is 3.01. The van der Waals surface area contributed by atoms with Gasteiger partial charge in [0.2, 0.25) is 11.8 Å². The number of benzene rings is 1. The maximum atomic E-state index is 14.4. The van der Waals surface area contributed by atoms with Gasteiger partial charge in [0, 0.05) is 18.0 Å². The quantitative estimate of drug-likeness (QED) is 0.432. The molecule has 0 spiro atoms. The number of nitrogens with one attached hydrogen (secondary N) is 1. The number of carbonyl (C=O) groups is 1. The normalized spacial score (nSPS) is 11.5. The lowest BCUT2D eigenvalue weighted by Gasteiger charge is -2.09. The number of nitrogens with zero attached hydrogens (tertiary/aromatic N) is 3. The SMILES string of the molecule is Cc1cccnc1Oc1ccc(CC(=O)Nc2cn3cc(C(F)(F)F)ccc3n2)cc1F. The molecule has 0 saturated heterocycles. The number of halogens is 4. The van der Waals surface area contributed by atoms with E-state index in [1.54, 1.807) is 19.1 Å². The lowest BCUT2D eigenvalue weighted by Crippen LogP contribution is -2.14. The molecule has 0 unspecified atom stereocenters. The summed E-state index contributed by atoms with van der Waals surface area (Å²) in [5.41, 5.74) is 0.531. The minimum absolute atomic E-state index is 0.0308. The molecule has 1 N–H and O–H groups in total. The molecule has 4 rings (SSSR count). The number of fused-ring (bicyclic) bond motifs is 1. The number of hydrogen-bond donors (Lipinski definition) is 1. The van der Waals surface area contributed by atoms with Crippen molar-refractivity contribution in [1.82, 2.24) is 14.4 Å². The predicted molar refractivity (Wildman–Crippen MR) is 108 cm³/mol. The Bertz CT molecular complexity index is 1300. The van der Waals surface area contributed by atoms with Gasteiger partial charge in [0.1, 0.15) is 5.65 Å². The van der Waals surface area contributed by atoms with E-state index >= 15 is 0 Å². The molecule has 3 aromatic heterocycles. The number of pyridine rings is 2. The van der Waals surface area contributed by atoms with Crippen LogP contribution in [0.4, 0.5) is 23.4 Å². The lowest BCUT2D eigenvalue weighted by atomic mass is 10.1. The average Bonchev–Trinajstić information content (AvgIpc) is 3.12. The van der Waals surface area contributed by atoms with Crippen LogP contribution in [0.3, 0.4) is 0 Å². The molecule has 10 heteroatoms. The van der Waals surface area contributed by atoms with Crippen LogP contribution in [0.25, 0.3) is 5.65 Å². The number of alkyl halides is 3. The first-order valence-electron chi connectivity index (χ1n) is 9.43. The van der Waals surface area contributed by atoms with E-state index in [4.69, 9.17) is 4.74 Å². The fraction of sp³-hybridized carbons (Fsp3) is 0.136. The monoisotopic (exact) mass is 444 g/mol. The molecule has 0 aliphatic heterocycles. The predicted octanol–water partition coefficient (Wildman–Crippen LogP) is 5.17. The van der Waals surface area contributed by atoms with Crippen molar-refractivity contribution in [3.05, 3.63) is 83.6 Å². The zero-order chi connectivity index (χ0) is 22.9. The topological polar surface area (TPSA) is 68.5 Å². The highest BCUT2D eigenvalue weighted by molar-refractivity contribution is 5.91. The summed E-state index contributed by atoms with van der Waals surface area (Å²) >= 11 is 0. The molecule has 1 amide bonds. The molecular formula is C22H16F4N4O2. The van der Waals surface area contributed by atoms with E-state index in [1.165, 1.54) is 41.1 Å². The number of ether oxygens (including phenoxy) is 1. The molecule has 6 nitrogen and oxygen atoms in total. The minimum atomic E-state index is -4.49. The Kier molecular flexibility index (Phi) is 5.52. The molecule has 0 atom stereocenters. The molecule has 3 heterocycles. The summed E-state index contributed by atoms with van der Waals surface area (Å²) in [4.78, 5) is 20.4. The minimum Gasteiger partial charge on any atom is -0.436 e. The third-order valence-corrected chi connectivity index (χ3v) is 4.57. The molecule has 4 aromatic rings. The maximum Gasteiger partial charge on any atom is 0.417 e. The van der Waals surface area contributed by atoms with E-state index in [-0.39, 0.29) is 29.5 Å². The highest BCUT2D eigenvalue weighted by atomic mass is 19.4. The first-order chi connectivity index (χ1) is 15.2. The van der Waals surface area contributed by atoms with Gasteiger partial charge in [0.15, 0.2) is 17.4 Å². The van der Waals surface area contributed by atoms with Gasteiger partial charge in [0.05, 0.1) is 18.2 Å². The first-order valence-corrected chi connectivity index (χ1v) is 9.43. The molecule has 0 aliphatic carbocycles. The van der Waals surface area contributed by atoms with Gasteiger partial charge in [-0.25, -0.2) is 14.4 Å². The summed E-state index contributed by atoms with van der Waals surface area (Å²) in [6, 6.07) is 9.74. The van der Waals surface area contributed by atoms with Crippen LogP contribution >= 0.6 is 0 Å². The Morgan fingerprint density at radius 1 is 1.16 bits per heavy atom. The zero-order valence-corrected chi connectivity index (χ0v) is 16.7. The maximum absolute atomic E-state index is 14.4. The summed E-state index contributed by atoms with van der Waals surface area (Å²) in [6.07, 6.45) is -0.967. The molecule has 0 radical (unpaired) electrons. The Labute approximate surface area is 179 Å². The first kappa shape index (κ1) is 21.3. The smallest absolute Gasteiger partial charge is 0.417 e. The number of aromatic nitrogens is 3. The summed E-state index contributed by atoms with van der Waals surface area (Å²) in [6.45, 7) is 1.78. The molecule has 0 saturated carbocycles. The van der Waals surface area contributed by atoms with Gasteiger partial charge in [-0.1, -0.05) is 12.1 Å². The molecular weight excluding hydrogens is 428 g/mol. The van der Waals surface area contributed by atoms with Crippen LogP contribution in [0.2, 0.25) is 0 Å². The second-order valence-corrected chi connectivity index (χ2v) is 7.02. The van der Waals surface area contributed by atoms with Crippen molar-refractivity contribution in [1.29, 1.82) is 0 Å². The Hall–Kier alpha value is -3.95. The third-order valence-electron chi connectivity index (χ3n) is 4.57. The van der Waals surface area contributed by atoms with Gasteiger partial charge in [-0.2, -0.15) is 13.2 Å². The van der Waals surface area contributed by atoms with Gasteiger partial charge in [-0.15, -0.1) is 0 Å². The fourth-order valence-electron chi connectivity index (χ4n) is 3.01. The molecule has 0 aliphatic rings. The highest BCUT2D eigenvalue weighted by Crippen LogP contribution is 2.29. The number of amides is 1. The number of aryl methyl sites for hydroxylation is 1. The van der Waals surface area contributed by atoms with Crippen molar-refractivity contribution in [2.75, 3.05) is 5.32 Å². The second kappa shape index (κ2) is 8.29. The number of hydrogen-bond acceptors (Lipinski definition) is 4. The van der Waals surface area contributed by atoms with Crippen molar-refractivity contribution in [2.45, 2.75) is 19.5 Å². The van der Waals surface area contributed by atoms with E-state index < -0.39 is 23.5 Å². The number of rotatable bonds is 5. The molecule has 164 valence electrons. The van der Waals surface area contributed by atoms with E-state index in [1.807, 2.05) is 0 Å². The van der Waals surface area contributed by atoms with Gasteiger partial charge >= 0.3 is 6.18 Å². The van der Waals surface area contributed by atoms with Gasteiger partial charge in [-0.3, -0.25) is 4.79 Å². The summed E-state index contributed by atoms with van der Waals surface area (Å²) in [5, 5.41) is 2.50. The Balaban J connectivity index is 1.44. The van der Waals surface area contributed by atoms with Crippen molar-refractivity contribution >= 4 is 17.4 Å². The second-order valence-electron chi connectivity index (χ2n) is 7.02. The zero-order valence-electron chi connectivity index (χ0n) is 16.7. The van der Waals surface area contributed by atoms with Crippen LogP contribution in [0.5, 0.6) is 11.6 Å². The number of anilines is 1. The average molecular weight is 444 g/mol. The van der Waals surface area contributed by atoms with E-state index in [0.29, 0.717) is 5.56 Å². The van der Waals surface area contributed by atoms with E-state index in [9.17, 15) is 22.4 Å². The largest absolute Gasteiger partial charge is 0.436 e. The van der Waals surface area contributed by atoms with Gasteiger partial charge in [0.25, 0.3) is 0 Å². The van der Waals surface area contributed by atoms with Crippen molar-refractivity contribution in [2.24, 2.45) is 0 Å². The highest BCUT2D eigenvalue weighted by Gasteiger charge is 2.30. The molecule has 0 fully saturated rings. The molecule has 0 bridgehead atoms. The van der Waals surface area contributed by atoms with Crippen LogP contribution in [-0.2, 0) is 17.4 Å². The Morgan fingerprint density at radius 2 is 1.97 bits per heavy atom. The van der Waals surface area contributed by atoms with E-state index in [0.717, 1.165) is 17.8 Å². The number of carbonyl (C=O) groups excluding carboxylic acids is 1. The van der Waals surface area contributed by atoms with Crippen LogP contribution < -0.4 is 10.1 Å². The van der Waals surface area contributed by atoms with E-state index in [2.05, 4.69) is 15.3 Å². The third kappa shape index (κ3) is 4.69. The lowest BCUT2D eigenvalue weighted by molar-refractivity contribution is -0.137. The standard InChI is InChI=1S/C22H16F4N4O2/c1-13-3-2-8-27-21(13)32-17-6-4-14(9-16(17)23)10-20(31)29-18-12-30-11-15(22(24,25)26)5-7-19(30)28-18/h2-9,11-12H,10H2,1H3,(H,29,31). The summed E-state index contributed by atoms with van der Waals surface area (Å²) in [7, 11) is 0. The van der Waals surface area contributed by atoms with Crippen LogP contribution in [-0.4, -0.2) is 20.3 Å². The summed E-state index contributed by atoms with van der Waals surface area (Å²) in [5.74, 6) is -0.833. The molecule has 32 heavy (non-hydrogen) atoms. The van der Waals surface area contributed by atoms with Crippen LogP contribution in [0.15, 0.2) is 61.1 Å².